The van der Waals surface area contributed by atoms with Gasteiger partial charge < -0.3 is 14.2 Å². The average Bonchev–Trinajstić information content (AvgIpc) is 3.51. The number of methoxy groups -OCH3 is 1. The van der Waals surface area contributed by atoms with Crippen molar-refractivity contribution in [3.63, 3.8) is 0 Å². The number of rotatable bonds is 7. The van der Waals surface area contributed by atoms with Crippen LogP contribution in [0.15, 0.2) is 57.9 Å². The Morgan fingerprint density at radius 3 is 2.65 bits per heavy atom. The van der Waals surface area contributed by atoms with Gasteiger partial charge in [-0.1, -0.05) is 43.5 Å². The fourth-order valence-electron chi connectivity index (χ4n) is 4.63. The molecule has 178 valence electrons. The summed E-state index contributed by atoms with van der Waals surface area (Å²) >= 11 is 1.60. The normalized spacial score (nSPS) is 16.9. The van der Waals surface area contributed by atoms with E-state index >= 15 is 0 Å². The molecule has 0 bridgehead atoms. The van der Waals surface area contributed by atoms with Gasteiger partial charge in [-0.2, -0.15) is 5.10 Å². The lowest BCUT2D eigenvalue weighted by Gasteiger charge is -2.22. The highest BCUT2D eigenvalue weighted by molar-refractivity contribution is 7.07. The van der Waals surface area contributed by atoms with Crippen molar-refractivity contribution >= 4 is 17.0 Å². The summed E-state index contributed by atoms with van der Waals surface area (Å²) in [4.78, 5) is 5.59. The van der Waals surface area contributed by atoms with Gasteiger partial charge in [-0.25, -0.2) is 4.68 Å². The van der Waals surface area contributed by atoms with Crippen molar-refractivity contribution in [2.75, 3.05) is 27.1 Å². The number of hydrogen-bond acceptors (Lipinski definition) is 6. The highest BCUT2D eigenvalue weighted by atomic mass is 32.1. The van der Waals surface area contributed by atoms with Crippen LogP contribution in [0.3, 0.4) is 0 Å². The first-order valence-electron chi connectivity index (χ1n) is 12.0. The molecular formula is C27H31N3O3S. The second-order valence-corrected chi connectivity index (χ2v) is 9.64. The molecule has 3 aromatic rings. The molecule has 1 aliphatic heterocycles. The van der Waals surface area contributed by atoms with Crippen molar-refractivity contribution in [3.8, 4) is 22.8 Å². The molecule has 0 atom stereocenters. The van der Waals surface area contributed by atoms with Gasteiger partial charge in [-0.3, -0.25) is 4.99 Å². The van der Waals surface area contributed by atoms with Crippen LogP contribution >= 0.6 is 11.3 Å². The van der Waals surface area contributed by atoms with Crippen molar-refractivity contribution in [1.29, 1.82) is 0 Å². The molecule has 0 amide bonds. The molecule has 1 fully saturated rings. The highest BCUT2D eigenvalue weighted by Gasteiger charge is 2.17. The fourth-order valence-corrected chi connectivity index (χ4v) is 5.48. The smallest absolute Gasteiger partial charge is 0.231 e. The molecule has 7 heteroatoms. The molecule has 2 aliphatic rings. The molecule has 0 unspecified atom stereocenters. The zero-order chi connectivity index (χ0) is 23.3. The summed E-state index contributed by atoms with van der Waals surface area (Å²) in [5.41, 5.74) is 5.51. The maximum absolute atomic E-state index is 5.55. The van der Waals surface area contributed by atoms with E-state index in [-0.39, 0.29) is 6.79 Å². The van der Waals surface area contributed by atoms with Crippen LogP contribution < -0.4 is 14.3 Å². The van der Waals surface area contributed by atoms with Crippen LogP contribution in [0, 0.1) is 0 Å². The number of thiazole rings is 1. The first kappa shape index (κ1) is 22.9. The van der Waals surface area contributed by atoms with E-state index in [4.69, 9.17) is 24.3 Å². The Bertz CT molecular complexity index is 1220. The quantitative estimate of drug-likeness (QED) is 0.319. The summed E-state index contributed by atoms with van der Waals surface area (Å²) in [5.74, 6) is 2.22. The Kier molecular flexibility index (Phi) is 7.11. The van der Waals surface area contributed by atoms with Gasteiger partial charge in [0.15, 0.2) is 11.5 Å². The van der Waals surface area contributed by atoms with Gasteiger partial charge in [0.25, 0.3) is 0 Å². The molecule has 2 heterocycles. The Morgan fingerprint density at radius 1 is 1.06 bits per heavy atom. The minimum Gasteiger partial charge on any atom is -0.454 e. The third kappa shape index (κ3) is 4.95. The number of fused-ring (bicyclic) bond motifs is 1. The van der Waals surface area contributed by atoms with Crippen molar-refractivity contribution < 1.29 is 14.2 Å². The Balaban J connectivity index is 1.49. The zero-order valence-electron chi connectivity index (χ0n) is 19.8. The predicted molar refractivity (Wildman–Crippen MR) is 136 cm³/mol. The van der Waals surface area contributed by atoms with Gasteiger partial charge >= 0.3 is 0 Å². The molecule has 0 spiro atoms. The molecule has 6 nitrogen and oxygen atoms in total. The lowest BCUT2D eigenvalue weighted by atomic mass is 9.84. The Labute approximate surface area is 204 Å². The topological polar surface area (TPSA) is 57.3 Å². The third-order valence-electron chi connectivity index (χ3n) is 6.55. The number of aromatic nitrogens is 1. The van der Waals surface area contributed by atoms with Crippen LogP contribution in [0.5, 0.6) is 11.5 Å². The second kappa shape index (κ2) is 10.6. The van der Waals surface area contributed by atoms with Crippen molar-refractivity contribution in [3.05, 3.63) is 63.8 Å². The Morgan fingerprint density at radius 2 is 1.85 bits per heavy atom. The molecular weight excluding hydrogens is 446 g/mol. The molecule has 5 rings (SSSR count). The first-order chi connectivity index (χ1) is 16.7. The molecule has 0 N–H and O–H groups in total. The lowest BCUT2D eigenvalue weighted by molar-refractivity contribution is 0.174. The molecule has 1 aromatic heterocycles. The summed E-state index contributed by atoms with van der Waals surface area (Å²) in [6, 6.07) is 15.0. The van der Waals surface area contributed by atoms with Crippen LogP contribution in [0.25, 0.3) is 11.3 Å². The van der Waals surface area contributed by atoms with E-state index < -0.39 is 0 Å². The lowest BCUT2D eigenvalue weighted by Crippen LogP contribution is -2.15. The standard InChI is InChI=1S/C27H31N3O3S/c1-19(23-12-13-25-26(16-23)33-18-32-25)29-30-24(17-34-27(30)28-14-15-31-2)22-10-8-21(9-11-22)20-6-4-3-5-7-20/h8-13,16-17,20H,3-7,14-15,18H2,1-2H3/b28-27?,29-19-. The number of nitrogens with zero attached hydrogens (tertiary/aromatic N) is 3. The number of benzene rings is 2. The molecule has 0 radical (unpaired) electrons. The third-order valence-corrected chi connectivity index (χ3v) is 7.41. The second-order valence-electron chi connectivity index (χ2n) is 8.80. The van der Waals surface area contributed by atoms with Gasteiger partial charge in [-0.05, 0) is 49.4 Å². The minimum absolute atomic E-state index is 0.262. The van der Waals surface area contributed by atoms with Gasteiger partial charge in [0, 0.05) is 23.6 Å². The molecule has 1 saturated carbocycles. The summed E-state index contributed by atoms with van der Waals surface area (Å²) in [6.45, 7) is 3.44. The molecule has 1 aliphatic carbocycles. The van der Waals surface area contributed by atoms with Crippen LogP contribution in [-0.2, 0) is 4.74 Å². The predicted octanol–water partition coefficient (Wildman–Crippen LogP) is 5.81. The maximum atomic E-state index is 5.55. The summed E-state index contributed by atoms with van der Waals surface area (Å²) in [7, 11) is 1.69. The van der Waals surface area contributed by atoms with E-state index in [0.717, 1.165) is 38.8 Å². The van der Waals surface area contributed by atoms with Gasteiger partial charge in [-0.15, -0.1) is 11.3 Å². The van der Waals surface area contributed by atoms with E-state index in [1.54, 1.807) is 18.4 Å². The highest BCUT2D eigenvalue weighted by Crippen LogP contribution is 2.34. The van der Waals surface area contributed by atoms with Gasteiger partial charge in [0.2, 0.25) is 11.6 Å². The molecule has 34 heavy (non-hydrogen) atoms. The monoisotopic (exact) mass is 477 g/mol. The SMILES string of the molecule is COCCN=c1scc(-c2ccc(C3CCCCC3)cc2)n1/N=C(/C)c1ccc2c(c1)OCO2. The summed E-state index contributed by atoms with van der Waals surface area (Å²) in [6.07, 6.45) is 6.67. The molecule has 0 saturated heterocycles. The van der Waals surface area contributed by atoms with E-state index in [0.29, 0.717) is 19.1 Å². The first-order valence-corrected chi connectivity index (χ1v) is 12.9. The van der Waals surface area contributed by atoms with E-state index in [9.17, 15) is 0 Å². The van der Waals surface area contributed by atoms with Crippen LogP contribution in [0.1, 0.15) is 56.1 Å². The summed E-state index contributed by atoms with van der Waals surface area (Å²) < 4.78 is 18.2. The van der Waals surface area contributed by atoms with Crippen molar-refractivity contribution in [2.24, 2.45) is 10.1 Å². The van der Waals surface area contributed by atoms with Gasteiger partial charge in [0.05, 0.1) is 24.6 Å². The van der Waals surface area contributed by atoms with Crippen LogP contribution in [-0.4, -0.2) is 37.4 Å². The van der Waals surface area contributed by atoms with Crippen LogP contribution in [0.2, 0.25) is 0 Å². The largest absolute Gasteiger partial charge is 0.454 e. The number of ether oxygens (including phenoxy) is 3. The van der Waals surface area contributed by atoms with Crippen molar-refractivity contribution in [2.45, 2.75) is 44.9 Å². The van der Waals surface area contributed by atoms with E-state index in [1.807, 2.05) is 29.8 Å². The maximum Gasteiger partial charge on any atom is 0.231 e. The van der Waals surface area contributed by atoms with Gasteiger partial charge in [0.1, 0.15) is 0 Å². The van der Waals surface area contributed by atoms with E-state index in [1.165, 1.54) is 37.7 Å². The fraction of sp³-hybridized carbons (Fsp3) is 0.407. The summed E-state index contributed by atoms with van der Waals surface area (Å²) in [5, 5.41) is 7.13. The Hall–Kier alpha value is -2.90. The van der Waals surface area contributed by atoms with E-state index in [2.05, 4.69) is 29.6 Å². The number of hydrogen-bond donors (Lipinski definition) is 0. The average molecular weight is 478 g/mol. The van der Waals surface area contributed by atoms with Crippen molar-refractivity contribution in [1.82, 2.24) is 4.68 Å². The minimum atomic E-state index is 0.262. The molecule has 2 aromatic carbocycles. The zero-order valence-corrected chi connectivity index (χ0v) is 20.6. The van der Waals surface area contributed by atoms with Crippen LogP contribution in [0.4, 0.5) is 0 Å².